The second-order valence-electron chi connectivity index (χ2n) is 6.38. The van der Waals surface area contributed by atoms with E-state index in [2.05, 4.69) is 32.8 Å². The van der Waals surface area contributed by atoms with Gasteiger partial charge in [-0.05, 0) is 48.6 Å². The summed E-state index contributed by atoms with van der Waals surface area (Å²) in [6.07, 6.45) is 6.67. The zero-order valence-corrected chi connectivity index (χ0v) is 13.8. The van der Waals surface area contributed by atoms with Gasteiger partial charge in [0.2, 0.25) is 5.88 Å². The van der Waals surface area contributed by atoms with Crippen molar-refractivity contribution < 1.29 is 9.32 Å². The lowest BCUT2D eigenvalue weighted by molar-refractivity contribution is 0.102. The first-order valence-electron chi connectivity index (χ1n) is 8.46. The van der Waals surface area contributed by atoms with Gasteiger partial charge in [-0.25, -0.2) is 0 Å². The Hall–Kier alpha value is -3.48. The molecule has 0 saturated carbocycles. The minimum atomic E-state index is -0.280. The fourth-order valence-corrected chi connectivity index (χ4v) is 3.35. The van der Waals surface area contributed by atoms with E-state index >= 15 is 0 Å². The number of carbonyl (C=O) groups is 1. The molecule has 0 saturated heterocycles. The maximum Gasteiger partial charge on any atom is 0.259 e. The largest absolute Gasteiger partial charge is 0.338 e. The smallest absolute Gasteiger partial charge is 0.259 e. The van der Waals surface area contributed by atoms with E-state index in [4.69, 9.17) is 4.52 Å². The number of nitrogens with one attached hydrogen (secondary N) is 1. The molecule has 128 valence electrons. The minimum Gasteiger partial charge on any atom is -0.338 e. The number of aromatic nitrogens is 4. The van der Waals surface area contributed by atoms with Crippen molar-refractivity contribution in [3.63, 3.8) is 0 Å². The third-order valence-electron chi connectivity index (χ3n) is 4.69. The molecule has 1 N–H and O–H groups in total. The van der Waals surface area contributed by atoms with Gasteiger partial charge in [-0.3, -0.25) is 14.5 Å². The van der Waals surface area contributed by atoms with Crippen LogP contribution in [0.25, 0.3) is 16.9 Å². The molecule has 1 amide bonds. The molecule has 3 aromatic heterocycles. The average Bonchev–Trinajstić information content (AvgIpc) is 3.40. The Labute approximate surface area is 148 Å². The summed E-state index contributed by atoms with van der Waals surface area (Å²) >= 11 is 0. The molecule has 0 aliphatic heterocycles. The molecular formula is C19H15N5O2. The summed E-state index contributed by atoms with van der Waals surface area (Å²) in [6, 6.07) is 11.5. The molecular weight excluding hydrogens is 330 g/mol. The Balaban J connectivity index is 1.37. The van der Waals surface area contributed by atoms with Crippen LogP contribution in [0.2, 0.25) is 0 Å². The van der Waals surface area contributed by atoms with E-state index in [9.17, 15) is 4.79 Å². The molecule has 1 aliphatic rings. The number of nitrogens with zero attached hydrogens (tertiary/aromatic N) is 4. The number of hydrogen-bond acceptors (Lipinski definition) is 5. The Bertz CT molecular complexity index is 1130. The molecule has 5 rings (SSSR count). The zero-order valence-electron chi connectivity index (χ0n) is 13.8. The predicted octanol–water partition coefficient (Wildman–Crippen LogP) is 3.13. The van der Waals surface area contributed by atoms with E-state index in [1.807, 2.05) is 6.07 Å². The van der Waals surface area contributed by atoms with Crippen LogP contribution in [-0.4, -0.2) is 25.7 Å². The van der Waals surface area contributed by atoms with Crippen LogP contribution in [0, 0.1) is 0 Å². The highest BCUT2D eigenvalue weighted by molar-refractivity contribution is 6.03. The fourth-order valence-electron chi connectivity index (χ4n) is 3.35. The van der Waals surface area contributed by atoms with Gasteiger partial charge in [-0.1, -0.05) is 17.3 Å². The van der Waals surface area contributed by atoms with Gasteiger partial charge in [0.25, 0.3) is 5.91 Å². The number of benzene rings is 1. The monoisotopic (exact) mass is 345 g/mol. The first kappa shape index (κ1) is 14.8. The van der Waals surface area contributed by atoms with Crippen molar-refractivity contribution in [1.82, 2.24) is 19.8 Å². The number of amides is 1. The Kier molecular flexibility index (Phi) is 3.31. The third kappa shape index (κ3) is 2.54. The molecule has 0 radical (unpaired) electrons. The molecule has 0 atom stereocenters. The van der Waals surface area contributed by atoms with E-state index < -0.39 is 0 Å². The van der Waals surface area contributed by atoms with Crippen molar-refractivity contribution in [2.24, 2.45) is 0 Å². The molecule has 7 nitrogen and oxygen atoms in total. The van der Waals surface area contributed by atoms with Gasteiger partial charge in [0.15, 0.2) is 5.65 Å². The topological polar surface area (TPSA) is 85.3 Å². The molecule has 3 heterocycles. The number of rotatable bonds is 3. The number of fused-ring (bicyclic) bond motifs is 2. The van der Waals surface area contributed by atoms with Crippen LogP contribution in [0.1, 0.15) is 27.9 Å². The third-order valence-corrected chi connectivity index (χ3v) is 4.69. The fraction of sp³-hybridized carbons (Fsp3) is 0.158. The summed E-state index contributed by atoms with van der Waals surface area (Å²) in [5.41, 5.74) is 5.66. The summed E-state index contributed by atoms with van der Waals surface area (Å²) < 4.78 is 6.98. The van der Waals surface area contributed by atoms with Gasteiger partial charge in [-0.15, -0.1) is 10.2 Å². The van der Waals surface area contributed by atoms with E-state index in [0.29, 0.717) is 22.8 Å². The molecule has 26 heavy (non-hydrogen) atoms. The Morgan fingerprint density at radius 3 is 3.00 bits per heavy atom. The minimum absolute atomic E-state index is 0.280. The van der Waals surface area contributed by atoms with Crippen LogP contribution in [0.4, 0.5) is 5.88 Å². The highest BCUT2D eigenvalue weighted by Gasteiger charge is 2.15. The van der Waals surface area contributed by atoms with Crippen LogP contribution in [0.15, 0.2) is 53.4 Å². The molecule has 1 aliphatic carbocycles. The number of anilines is 1. The summed E-state index contributed by atoms with van der Waals surface area (Å²) in [6.45, 7) is 0. The van der Waals surface area contributed by atoms with Gasteiger partial charge in [0, 0.05) is 17.8 Å². The van der Waals surface area contributed by atoms with Crippen molar-refractivity contribution in [2.45, 2.75) is 19.3 Å². The van der Waals surface area contributed by atoms with Gasteiger partial charge in [0.1, 0.15) is 12.0 Å². The molecule has 1 aromatic carbocycles. The van der Waals surface area contributed by atoms with Crippen LogP contribution in [0.5, 0.6) is 0 Å². The molecule has 0 bridgehead atoms. The molecule has 0 fully saturated rings. The number of hydrogen-bond donors (Lipinski definition) is 1. The van der Waals surface area contributed by atoms with E-state index in [1.165, 1.54) is 17.5 Å². The highest BCUT2D eigenvalue weighted by atomic mass is 16.5. The second-order valence-corrected chi connectivity index (χ2v) is 6.38. The highest BCUT2D eigenvalue weighted by Crippen LogP contribution is 2.28. The predicted molar refractivity (Wildman–Crippen MR) is 94.9 cm³/mol. The first-order valence-corrected chi connectivity index (χ1v) is 8.46. The lowest BCUT2D eigenvalue weighted by Gasteiger charge is -2.02. The maximum absolute atomic E-state index is 12.4. The molecule has 0 spiro atoms. The maximum atomic E-state index is 12.4. The van der Waals surface area contributed by atoms with Crippen molar-refractivity contribution in [2.75, 3.05) is 5.32 Å². The van der Waals surface area contributed by atoms with Crippen LogP contribution in [-0.2, 0) is 12.8 Å². The van der Waals surface area contributed by atoms with E-state index in [-0.39, 0.29) is 5.91 Å². The molecule has 4 aromatic rings. The quantitative estimate of drug-likeness (QED) is 0.616. The second kappa shape index (κ2) is 5.80. The van der Waals surface area contributed by atoms with Gasteiger partial charge in [0.05, 0.1) is 5.56 Å². The van der Waals surface area contributed by atoms with Gasteiger partial charge >= 0.3 is 0 Å². The normalized spacial score (nSPS) is 13.1. The van der Waals surface area contributed by atoms with Crippen molar-refractivity contribution in [3.05, 3.63) is 65.6 Å². The molecule has 7 heteroatoms. The van der Waals surface area contributed by atoms with Crippen LogP contribution < -0.4 is 5.32 Å². The lowest BCUT2D eigenvalue weighted by Crippen LogP contribution is -2.12. The summed E-state index contributed by atoms with van der Waals surface area (Å²) in [5, 5.41) is 14.5. The number of aryl methyl sites for hydroxylation is 2. The van der Waals surface area contributed by atoms with Crippen molar-refractivity contribution in [1.29, 1.82) is 0 Å². The van der Waals surface area contributed by atoms with E-state index in [1.54, 1.807) is 35.1 Å². The van der Waals surface area contributed by atoms with Crippen LogP contribution >= 0.6 is 0 Å². The average molecular weight is 345 g/mol. The van der Waals surface area contributed by atoms with Crippen LogP contribution in [0.3, 0.4) is 0 Å². The first-order chi connectivity index (χ1) is 12.8. The van der Waals surface area contributed by atoms with E-state index in [0.717, 1.165) is 18.4 Å². The Morgan fingerprint density at radius 1 is 1.12 bits per heavy atom. The standard InChI is InChI=1S/C19H15N5O2/c25-19(15-6-7-17-22-20-11-24(17)10-15)21-18-9-16(23-26-18)14-5-4-12-2-1-3-13(12)8-14/h4-11H,1-3H2,(H,21,25). The zero-order chi connectivity index (χ0) is 17.5. The molecule has 0 unspecified atom stereocenters. The summed E-state index contributed by atoms with van der Waals surface area (Å²) in [4.78, 5) is 12.4. The SMILES string of the molecule is O=C(Nc1cc(-c2ccc3c(c2)CCC3)no1)c1ccc2nncn2c1. The van der Waals surface area contributed by atoms with Crippen molar-refractivity contribution >= 4 is 17.4 Å². The number of pyridine rings is 1. The summed E-state index contributed by atoms with van der Waals surface area (Å²) in [5.74, 6) is 0.0339. The van der Waals surface area contributed by atoms with Gasteiger partial charge < -0.3 is 4.52 Å². The number of carbonyl (C=O) groups excluding carboxylic acids is 1. The van der Waals surface area contributed by atoms with Gasteiger partial charge in [-0.2, -0.15) is 0 Å². The Morgan fingerprint density at radius 2 is 2.04 bits per heavy atom. The summed E-state index contributed by atoms with van der Waals surface area (Å²) in [7, 11) is 0. The lowest BCUT2D eigenvalue weighted by atomic mass is 10.0. The van der Waals surface area contributed by atoms with Crippen molar-refractivity contribution in [3.8, 4) is 11.3 Å².